The third-order valence-corrected chi connectivity index (χ3v) is 5.44. The Morgan fingerprint density at radius 2 is 1.74 bits per heavy atom. The summed E-state index contributed by atoms with van der Waals surface area (Å²) in [6.07, 6.45) is 0.558. The zero-order valence-electron chi connectivity index (χ0n) is 17.4. The van der Waals surface area contributed by atoms with Crippen molar-refractivity contribution in [2.24, 2.45) is 0 Å². The van der Waals surface area contributed by atoms with Gasteiger partial charge in [-0.05, 0) is 60.0 Å². The number of benzene rings is 3. The normalized spacial score (nSPS) is 10.6. The maximum absolute atomic E-state index is 13.5. The van der Waals surface area contributed by atoms with Gasteiger partial charge in [0.2, 0.25) is 0 Å². The molecule has 0 radical (unpaired) electrons. The molecule has 0 aliphatic carbocycles. The summed E-state index contributed by atoms with van der Waals surface area (Å²) in [5.74, 6) is -0.406. The molecule has 0 aliphatic heterocycles. The molecule has 0 aromatic heterocycles. The molecule has 2 amide bonds. The molecule has 3 aromatic rings. The van der Waals surface area contributed by atoms with Crippen LogP contribution in [-0.2, 0) is 13.0 Å². The molecule has 31 heavy (non-hydrogen) atoms. The highest BCUT2D eigenvalue weighted by atomic mass is 35.5. The fourth-order valence-electron chi connectivity index (χ4n) is 3.12. The van der Waals surface area contributed by atoms with E-state index in [-0.39, 0.29) is 6.03 Å². The average Bonchev–Trinajstić information content (AvgIpc) is 2.72. The number of nitrogens with zero attached hydrogens (tertiary/aromatic N) is 2. The monoisotopic (exact) mass is 459 g/mol. The van der Waals surface area contributed by atoms with Crippen LogP contribution in [0, 0.1) is 5.82 Å². The van der Waals surface area contributed by atoms with E-state index in [1.165, 1.54) is 12.1 Å². The SMILES string of the molecule is CN(C)c1ccc(CN(CCc2ccc(Cl)cc2Cl)C(=O)Nc2cccc(F)c2)cc1. The second-order valence-electron chi connectivity index (χ2n) is 7.41. The zero-order valence-corrected chi connectivity index (χ0v) is 18.9. The van der Waals surface area contributed by atoms with E-state index in [2.05, 4.69) is 5.32 Å². The van der Waals surface area contributed by atoms with Gasteiger partial charge in [0.1, 0.15) is 5.82 Å². The molecule has 3 rings (SSSR count). The Morgan fingerprint density at radius 3 is 2.39 bits per heavy atom. The van der Waals surface area contributed by atoms with E-state index in [1.54, 1.807) is 29.2 Å². The Kier molecular flexibility index (Phi) is 7.77. The van der Waals surface area contributed by atoms with Crippen molar-refractivity contribution in [2.45, 2.75) is 13.0 Å². The highest BCUT2D eigenvalue weighted by Crippen LogP contribution is 2.22. The van der Waals surface area contributed by atoms with Crippen LogP contribution < -0.4 is 10.2 Å². The van der Waals surface area contributed by atoms with Crippen LogP contribution in [0.2, 0.25) is 10.0 Å². The smallest absolute Gasteiger partial charge is 0.322 e. The summed E-state index contributed by atoms with van der Waals surface area (Å²) >= 11 is 12.3. The molecule has 0 saturated carbocycles. The largest absolute Gasteiger partial charge is 0.378 e. The predicted octanol–water partition coefficient (Wildman–Crippen LogP) is 6.48. The van der Waals surface area contributed by atoms with Crippen LogP contribution in [0.4, 0.5) is 20.6 Å². The predicted molar refractivity (Wildman–Crippen MR) is 127 cm³/mol. The Hall–Kier alpha value is -2.76. The molecule has 0 bridgehead atoms. The zero-order chi connectivity index (χ0) is 22.4. The third kappa shape index (κ3) is 6.61. The minimum atomic E-state index is -0.406. The number of carbonyl (C=O) groups excluding carboxylic acids is 1. The number of urea groups is 1. The van der Waals surface area contributed by atoms with Gasteiger partial charge in [0.15, 0.2) is 0 Å². The van der Waals surface area contributed by atoms with Crippen LogP contribution in [-0.4, -0.2) is 31.6 Å². The van der Waals surface area contributed by atoms with Crippen LogP contribution in [0.1, 0.15) is 11.1 Å². The molecule has 0 atom stereocenters. The van der Waals surface area contributed by atoms with Crippen molar-refractivity contribution in [2.75, 3.05) is 30.9 Å². The molecular weight excluding hydrogens is 436 g/mol. The van der Waals surface area contributed by atoms with Crippen molar-refractivity contribution in [1.82, 2.24) is 4.90 Å². The molecule has 0 aliphatic rings. The first kappa shape index (κ1) is 22.9. The summed E-state index contributed by atoms with van der Waals surface area (Å²) in [4.78, 5) is 16.7. The van der Waals surface area contributed by atoms with Crippen molar-refractivity contribution >= 4 is 40.6 Å². The van der Waals surface area contributed by atoms with Crippen molar-refractivity contribution in [3.63, 3.8) is 0 Å². The Labute approximate surface area is 192 Å². The molecule has 0 fully saturated rings. The first-order valence-electron chi connectivity index (χ1n) is 9.83. The summed E-state index contributed by atoms with van der Waals surface area (Å²) in [5, 5.41) is 3.91. The van der Waals surface area contributed by atoms with Gasteiger partial charge in [-0.15, -0.1) is 0 Å². The van der Waals surface area contributed by atoms with E-state index in [1.807, 2.05) is 49.3 Å². The Bertz CT molecular complexity index is 1040. The number of hydrogen-bond donors (Lipinski definition) is 1. The van der Waals surface area contributed by atoms with E-state index in [9.17, 15) is 9.18 Å². The van der Waals surface area contributed by atoms with Crippen molar-refractivity contribution in [3.8, 4) is 0 Å². The number of carbonyl (C=O) groups is 1. The van der Waals surface area contributed by atoms with Crippen LogP contribution in [0.3, 0.4) is 0 Å². The van der Waals surface area contributed by atoms with E-state index >= 15 is 0 Å². The number of halogens is 3. The fourth-order valence-corrected chi connectivity index (χ4v) is 3.62. The lowest BCUT2D eigenvalue weighted by atomic mass is 10.1. The lowest BCUT2D eigenvalue weighted by Crippen LogP contribution is -2.36. The standard InChI is InChI=1S/C24H24Cl2FN3O/c1-29(2)22-10-6-17(7-11-22)16-30(13-12-18-8-9-19(25)14-23(18)26)24(31)28-21-5-3-4-20(27)15-21/h3-11,14-15H,12-13,16H2,1-2H3,(H,28,31). The molecule has 0 spiro atoms. The van der Waals surface area contributed by atoms with Crippen molar-refractivity contribution in [1.29, 1.82) is 0 Å². The van der Waals surface area contributed by atoms with E-state index < -0.39 is 5.82 Å². The number of rotatable bonds is 7. The van der Waals surface area contributed by atoms with Crippen LogP contribution in [0.15, 0.2) is 66.7 Å². The summed E-state index contributed by atoms with van der Waals surface area (Å²) < 4.78 is 13.5. The molecule has 0 unspecified atom stereocenters. The summed E-state index contributed by atoms with van der Waals surface area (Å²) in [6.45, 7) is 0.831. The molecule has 162 valence electrons. The second kappa shape index (κ2) is 10.5. The molecule has 1 N–H and O–H groups in total. The van der Waals surface area contributed by atoms with E-state index in [4.69, 9.17) is 23.2 Å². The van der Waals surface area contributed by atoms with Gasteiger partial charge in [0.25, 0.3) is 0 Å². The molecular formula is C24H24Cl2FN3O. The van der Waals surface area contributed by atoms with Crippen LogP contribution in [0.25, 0.3) is 0 Å². The topological polar surface area (TPSA) is 35.6 Å². The summed E-state index contributed by atoms with van der Waals surface area (Å²) in [6, 6.07) is 18.9. The summed E-state index contributed by atoms with van der Waals surface area (Å²) in [7, 11) is 3.95. The molecule has 3 aromatic carbocycles. The van der Waals surface area contributed by atoms with Crippen molar-refractivity contribution in [3.05, 3.63) is 93.7 Å². The first-order valence-corrected chi connectivity index (χ1v) is 10.6. The Morgan fingerprint density at radius 1 is 1.00 bits per heavy atom. The maximum atomic E-state index is 13.5. The molecule has 4 nitrogen and oxygen atoms in total. The quantitative estimate of drug-likeness (QED) is 0.438. The Balaban J connectivity index is 1.77. The molecule has 0 heterocycles. The maximum Gasteiger partial charge on any atom is 0.322 e. The van der Waals surface area contributed by atoms with Gasteiger partial charge in [-0.25, -0.2) is 9.18 Å². The molecule has 0 saturated heterocycles. The lowest BCUT2D eigenvalue weighted by Gasteiger charge is -2.24. The minimum absolute atomic E-state index is 0.313. The second-order valence-corrected chi connectivity index (χ2v) is 8.25. The number of amides is 2. The molecule has 7 heteroatoms. The van der Waals surface area contributed by atoms with Gasteiger partial charge in [-0.2, -0.15) is 0 Å². The van der Waals surface area contributed by atoms with E-state index in [0.29, 0.717) is 35.2 Å². The van der Waals surface area contributed by atoms with Gasteiger partial charge in [-0.3, -0.25) is 0 Å². The first-order chi connectivity index (χ1) is 14.8. The fraction of sp³-hybridized carbons (Fsp3) is 0.208. The van der Waals surface area contributed by atoms with Gasteiger partial charge in [-0.1, -0.05) is 47.5 Å². The summed E-state index contributed by atoms with van der Waals surface area (Å²) in [5.41, 5.74) is 3.37. The number of nitrogens with one attached hydrogen (secondary N) is 1. The minimum Gasteiger partial charge on any atom is -0.378 e. The number of hydrogen-bond acceptors (Lipinski definition) is 2. The number of anilines is 2. The third-order valence-electron chi connectivity index (χ3n) is 4.86. The van der Waals surface area contributed by atoms with Crippen LogP contribution >= 0.6 is 23.2 Å². The highest BCUT2D eigenvalue weighted by molar-refractivity contribution is 6.35. The van der Waals surface area contributed by atoms with Gasteiger partial charge < -0.3 is 15.1 Å². The van der Waals surface area contributed by atoms with Crippen molar-refractivity contribution < 1.29 is 9.18 Å². The highest BCUT2D eigenvalue weighted by Gasteiger charge is 2.16. The average molecular weight is 460 g/mol. The van der Waals surface area contributed by atoms with Gasteiger partial charge >= 0.3 is 6.03 Å². The lowest BCUT2D eigenvalue weighted by molar-refractivity contribution is 0.210. The van der Waals surface area contributed by atoms with Crippen LogP contribution in [0.5, 0.6) is 0 Å². The van der Waals surface area contributed by atoms with Gasteiger partial charge in [0, 0.05) is 48.6 Å². The van der Waals surface area contributed by atoms with Gasteiger partial charge in [0.05, 0.1) is 0 Å². The van der Waals surface area contributed by atoms with E-state index in [0.717, 1.165) is 16.8 Å².